The molecule has 0 spiro atoms. The molecule has 4 aliphatic rings. The summed E-state index contributed by atoms with van der Waals surface area (Å²) < 4.78 is 1.10. The summed E-state index contributed by atoms with van der Waals surface area (Å²) in [5.41, 5.74) is 14.4. The number of amidine groups is 2. The summed E-state index contributed by atoms with van der Waals surface area (Å²) in [5, 5.41) is 13.3. The second kappa shape index (κ2) is 12.6. The van der Waals surface area contributed by atoms with Crippen LogP contribution in [-0.4, -0.2) is 59.6 Å². The number of nitrogens with two attached hydrogens (primary N) is 2. The highest BCUT2D eigenvalue weighted by Gasteiger charge is 2.39. The largest absolute Gasteiger partial charge is 0.369 e. The molecular formula is C31H38BrN9S2. The molecule has 226 valence electrons. The van der Waals surface area contributed by atoms with Gasteiger partial charge in [0.05, 0.1) is 24.7 Å². The van der Waals surface area contributed by atoms with E-state index in [1.54, 1.807) is 22.7 Å². The Morgan fingerprint density at radius 3 is 1.93 bits per heavy atom. The molecule has 4 N–H and O–H groups in total. The van der Waals surface area contributed by atoms with Crippen molar-refractivity contribution in [2.24, 2.45) is 31.4 Å². The van der Waals surface area contributed by atoms with Crippen LogP contribution in [-0.2, 0) is 11.1 Å². The number of rotatable bonds is 3. The van der Waals surface area contributed by atoms with Gasteiger partial charge in [0.25, 0.3) is 0 Å². The van der Waals surface area contributed by atoms with Crippen LogP contribution in [0.15, 0.2) is 71.6 Å². The van der Waals surface area contributed by atoms with Gasteiger partial charge in [0.1, 0.15) is 22.7 Å². The van der Waals surface area contributed by atoms with Gasteiger partial charge in [0.2, 0.25) is 0 Å². The van der Waals surface area contributed by atoms with Crippen molar-refractivity contribution in [3.05, 3.63) is 66.9 Å². The molecule has 0 aliphatic carbocycles. The number of fused-ring (bicyclic) bond motifs is 2. The van der Waals surface area contributed by atoms with Gasteiger partial charge in [-0.05, 0) is 70.5 Å². The summed E-state index contributed by atoms with van der Waals surface area (Å²) in [6.45, 7) is 7.55. The van der Waals surface area contributed by atoms with Crippen LogP contribution in [0.4, 0.5) is 0 Å². The average Bonchev–Trinajstić information content (AvgIpc) is 3.76. The molecule has 9 nitrogen and oxygen atoms in total. The van der Waals surface area contributed by atoms with Gasteiger partial charge in [-0.15, -0.1) is 22.7 Å². The molecule has 6 heterocycles. The number of nitriles is 1. The minimum atomic E-state index is -0.375. The molecule has 2 atom stereocenters. The van der Waals surface area contributed by atoms with Gasteiger partial charge in [-0.25, -0.2) is 9.98 Å². The van der Waals surface area contributed by atoms with Crippen molar-refractivity contribution >= 4 is 62.2 Å². The molecule has 3 aromatic rings. The third-order valence-electron chi connectivity index (χ3n) is 7.69. The summed E-state index contributed by atoms with van der Waals surface area (Å²) >= 11 is 6.87. The highest BCUT2D eigenvalue weighted by molar-refractivity contribution is 9.10. The molecule has 0 amide bonds. The average molecular weight is 681 g/mol. The summed E-state index contributed by atoms with van der Waals surface area (Å²) in [6, 6.07) is 14.1. The summed E-state index contributed by atoms with van der Waals surface area (Å²) in [6.07, 6.45) is 1.60. The summed E-state index contributed by atoms with van der Waals surface area (Å²) in [4.78, 5) is 24.9. The van der Waals surface area contributed by atoms with E-state index in [0.29, 0.717) is 17.5 Å². The predicted molar refractivity (Wildman–Crippen MR) is 185 cm³/mol. The van der Waals surface area contributed by atoms with E-state index in [0.717, 1.165) is 71.2 Å². The van der Waals surface area contributed by atoms with E-state index in [1.165, 1.54) is 4.88 Å². The quantitative estimate of drug-likeness (QED) is 0.332. The van der Waals surface area contributed by atoms with Crippen molar-refractivity contribution in [3.8, 4) is 17.2 Å². The zero-order valence-electron chi connectivity index (χ0n) is 22.8. The molecule has 0 fully saturated rings. The van der Waals surface area contributed by atoms with Gasteiger partial charge in [-0.2, -0.15) is 5.26 Å². The fraction of sp³-hybridized carbons (Fsp3) is 0.387. The van der Waals surface area contributed by atoms with E-state index in [-0.39, 0.29) is 25.9 Å². The molecule has 0 saturated carbocycles. The fourth-order valence-corrected chi connectivity index (χ4v) is 8.08. The Bertz CT molecular complexity index is 1660. The van der Waals surface area contributed by atoms with Crippen LogP contribution < -0.4 is 11.5 Å². The van der Waals surface area contributed by atoms with Crippen molar-refractivity contribution in [3.63, 3.8) is 0 Å². The van der Waals surface area contributed by atoms with E-state index >= 15 is 0 Å². The molecule has 0 radical (unpaired) electrons. The standard InChI is InChI=1S/C18H17N5S.C11H13BrN4S.2CH4/c1-18(9-16-21-5-6-23(16)17(20)22-18)15-8-14(11-24-15)13-4-2-3-12(7-13)10-19;1-11(8-4-7(12)6-17-8)5-9-14-2-3-16(9)10(13)15-11;;/h2-4,7-8,11H,5-6,9H2,1H3,(H2,20,22);4,6H,2-3,5H2,1H3,(H2,13,15);2*1H4/t18-;11-;;/m00../s1. The maximum Gasteiger partial charge on any atom is 0.197 e. The topological polar surface area (TPSA) is 132 Å². The molecule has 7 rings (SSSR count). The highest BCUT2D eigenvalue weighted by atomic mass is 79.9. The maximum atomic E-state index is 9.08. The zero-order valence-corrected chi connectivity index (χ0v) is 26.1. The minimum absolute atomic E-state index is 0. The smallest absolute Gasteiger partial charge is 0.197 e. The monoisotopic (exact) mass is 679 g/mol. The normalized spacial score (nSPS) is 23.6. The van der Waals surface area contributed by atoms with Crippen LogP contribution in [0.1, 0.15) is 56.9 Å². The van der Waals surface area contributed by atoms with Crippen molar-refractivity contribution in [2.75, 3.05) is 26.2 Å². The first-order valence-corrected chi connectivity index (χ1v) is 15.9. The van der Waals surface area contributed by atoms with Crippen molar-refractivity contribution in [1.29, 1.82) is 5.26 Å². The molecule has 2 aromatic heterocycles. The Labute approximate surface area is 270 Å². The first-order chi connectivity index (χ1) is 19.7. The number of nitrogens with zero attached hydrogens (tertiary/aromatic N) is 7. The van der Waals surface area contributed by atoms with Crippen LogP contribution in [0.2, 0.25) is 0 Å². The lowest BCUT2D eigenvalue weighted by atomic mass is 9.93. The third-order valence-corrected chi connectivity index (χ3v) is 10.8. The lowest BCUT2D eigenvalue weighted by molar-refractivity contribution is 0.467. The zero-order chi connectivity index (χ0) is 28.8. The number of aliphatic imine (C=N–C) groups is 4. The molecule has 0 bridgehead atoms. The minimum Gasteiger partial charge on any atom is -0.369 e. The van der Waals surface area contributed by atoms with Crippen LogP contribution in [0.5, 0.6) is 0 Å². The predicted octanol–water partition coefficient (Wildman–Crippen LogP) is 6.36. The first-order valence-electron chi connectivity index (χ1n) is 13.3. The van der Waals surface area contributed by atoms with Gasteiger partial charge in [0, 0.05) is 45.5 Å². The third kappa shape index (κ3) is 6.25. The Balaban J connectivity index is 0.000000198. The van der Waals surface area contributed by atoms with Gasteiger partial charge >= 0.3 is 0 Å². The number of hydrogen-bond acceptors (Lipinski definition) is 11. The molecular weight excluding hydrogens is 642 g/mol. The first kappa shape index (κ1) is 32.4. The lowest BCUT2D eigenvalue weighted by Crippen LogP contribution is -2.47. The van der Waals surface area contributed by atoms with Crippen LogP contribution in [0.3, 0.4) is 0 Å². The molecule has 1 aromatic carbocycles. The van der Waals surface area contributed by atoms with E-state index in [2.05, 4.69) is 73.7 Å². The molecule has 0 saturated heterocycles. The van der Waals surface area contributed by atoms with Crippen molar-refractivity contribution in [1.82, 2.24) is 9.80 Å². The Morgan fingerprint density at radius 2 is 1.40 bits per heavy atom. The van der Waals surface area contributed by atoms with Crippen LogP contribution in [0.25, 0.3) is 11.1 Å². The summed E-state index contributed by atoms with van der Waals surface area (Å²) in [7, 11) is 0. The van der Waals surface area contributed by atoms with Gasteiger partial charge in [0.15, 0.2) is 11.9 Å². The number of benzene rings is 1. The number of hydrogen-bond donors (Lipinski definition) is 2. The fourth-order valence-electron chi connectivity index (χ4n) is 5.52. The Morgan fingerprint density at radius 1 is 0.837 bits per heavy atom. The molecule has 12 heteroatoms. The van der Waals surface area contributed by atoms with E-state index in [9.17, 15) is 0 Å². The number of halogens is 1. The Kier molecular flexibility index (Phi) is 9.49. The lowest BCUT2D eigenvalue weighted by Gasteiger charge is -2.34. The molecule has 43 heavy (non-hydrogen) atoms. The van der Waals surface area contributed by atoms with E-state index in [1.807, 2.05) is 34.1 Å². The molecule has 4 aliphatic heterocycles. The maximum absolute atomic E-state index is 9.08. The second-order valence-corrected chi connectivity index (χ2v) is 13.5. The second-order valence-electron chi connectivity index (χ2n) is 10.8. The van der Waals surface area contributed by atoms with Gasteiger partial charge in [-0.3, -0.25) is 19.8 Å². The number of guanidine groups is 2. The van der Waals surface area contributed by atoms with Crippen molar-refractivity contribution < 1.29 is 0 Å². The Hall–Kier alpha value is -3.53. The van der Waals surface area contributed by atoms with E-state index in [4.69, 9.17) is 21.7 Å². The number of thiophene rings is 2. The van der Waals surface area contributed by atoms with Crippen LogP contribution >= 0.6 is 38.6 Å². The molecule has 0 unspecified atom stereocenters. The van der Waals surface area contributed by atoms with Crippen molar-refractivity contribution in [2.45, 2.75) is 52.6 Å². The van der Waals surface area contributed by atoms with Gasteiger partial charge < -0.3 is 11.5 Å². The SMILES string of the molecule is C.C.C[C@@]1(c2cc(-c3cccc(C#N)c3)cs2)CC2=NCCN2C(N)=N1.C[C@@]1(c2cc(Br)cs2)CC2=NCCN2C(N)=N1. The van der Waals surface area contributed by atoms with Gasteiger partial charge in [-0.1, -0.05) is 27.0 Å². The van der Waals surface area contributed by atoms with E-state index < -0.39 is 0 Å². The highest BCUT2D eigenvalue weighted by Crippen LogP contribution is 2.41. The summed E-state index contributed by atoms with van der Waals surface area (Å²) in [5.74, 6) is 3.26. The van der Waals surface area contributed by atoms with Crippen LogP contribution in [0, 0.1) is 11.3 Å².